The van der Waals surface area contributed by atoms with Crippen LogP contribution in [0.3, 0.4) is 0 Å². The van der Waals surface area contributed by atoms with E-state index in [2.05, 4.69) is 0 Å². The van der Waals surface area contributed by atoms with E-state index in [0.717, 1.165) is 0 Å². The van der Waals surface area contributed by atoms with Crippen LogP contribution in [0, 0.1) is 0 Å². The molecule has 0 aliphatic rings. The van der Waals surface area contributed by atoms with Gasteiger partial charge in [0.15, 0.2) is 0 Å². The summed E-state index contributed by atoms with van der Waals surface area (Å²) in [5, 5.41) is 0. The van der Waals surface area contributed by atoms with Gasteiger partial charge in [0.2, 0.25) is 5.91 Å². The summed E-state index contributed by atoms with van der Waals surface area (Å²) >= 11 is 5.79. The molecule has 0 saturated heterocycles. The largest absolute Gasteiger partial charge is 0.366 e. The summed E-state index contributed by atoms with van der Waals surface area (Å²) in [7, 11) is 1.75. The zero-order valence-electron chi connectivity index (χ0n) is 10.6. The number of hydrogen-bond acceptors (Lipinski definition) is 2. The topological polar surface area (TPSA) is 29.5 Å². The van der Waals surface area contributed by atoms with E-state index in [0.29, 0.717) is 5.88 Å². The molecule has 0 aromatic heterocycles. The van der Waals surface area contributed by atoms with Gasteiger partial charge in [-0.05, 0) is 34.6 Å². The maximum Gasteiger partial charge on any atom is 0.248 e. The van der Waals surface area contributed by atoms with Gasteiger partial charge in [-0.1, -0.05) is 0 Å². The van der Waals surface area contributed by atoms with Crippen LogP contribution >= 0.6 is 11.6 Å². The highest BCUT2D eigenvalue weighted by Crippen LogP contribution is 2.15. The maximum atomic E-state index is 11.7. The van der Waals surface area contributed by atoms with E-state index in [1.54, 1.807) is 11.9 Å². The van der Waals surface area contributed by atoms with Crippen LogP contribution in [0.15, 0.2) is 0 Å². The first kappa shape index (κ1) is 14.7. The van der Waals surface area contributed by atoms with Gasteiger partial charge in [-0.3, -0.25) is 4.79 Å². The quantitative estimate of drug-likeness (QED) is 0.700. The third-order valence-electron chi connectivity index (χ3n) is 2.24. The first-order chi connectivity index (χ1) is 6.60. The van der Waals surface area contributed by atoms with Gasteiger partial charge >= 0.3 is 0 Å². The molecular weight excluding hydrogens is 214 g/mol. The molecule has 0 aliphatic heterocycles. The molecule has 0 heterocycles. The van der Waals surface area contributed by atoms with E-state index >= 15 is 0 Å². The Morgan fingerprint density at radius 2 is 1.73 bits per heavy atom. The molecule has 0 aromatic carbocycles. The van der Waals surface area contributed by atoms with Crippen LogP contribution in [-0.4, -0.2) is 41.5 Å². The molecule has 0 bridgehead atoms. The first-order valence-corrected chi connectivity index (χ1v) is 5.60. The van der Waals surface area contributed by atoms with Gasteiger partial charge in [0.1, 0.15) is 6.61 Å². The number of carbonyl (C=O) groups excluding carboxylic acids is 1. The molecule has 3 nitrogen and oxygen atoms in total. The van der Waals surface area contributed by atoms with Crippen LogP contribution in [0.1, 0.15) is 34.6 Å². The summed E-state index contributed by atoms with van der Waals surface area (Å²) in [6.45, 7) is 9.72. The van der Waals surface area contributed by atoms with Crippen molar-refractivity contribution in [3.63, 3.8) is 0 Å². The normalized spacial score (nSPS) is 12.7. The van der Waals surface area contributed by atoms with Crippen molar-refractivity contribution in [3.8, 4) is 0 Å². The van der Waals surface area contributed by atoms with Gasteiger partial charge in [-0.2, -0.15) is 0 Å². The number of halogens is 1. The van der Waals surface area contributed by atoms with Crippen molar-refractivity contribution in [2.75, 3.05) is 19.5 Å². The van der Waals surface area contributed by atoms with E-state index in [1.807, 2.05) is 34.6 Å². The van der Waals surface area contributed by atoms with Gasteiger partial charge < -0.3 is 9.64 Å². The number of amides is 1. The lowest BCUT2D eigenvalue weighted by Crippen LogP contribution is -2.48. The molecule has 1 amide bonds. The maximum absolute atomic E-state index is 11.7. The van der Waals surface area contributed by atoms with E-state index in [4.69, 9.17) is 16.3 Å². The van der Waals surface area contributed by atoms with Crippen LogP contribution in [-0.2, 0) is 9.53 Å². The third kappa shape index (κ3) is 5.38. The average molecular weight is 236 g/mol. The minimum absolute atomic E-state index is 0.0458. The summed E-state index contributed by atoms with van der Waals surface area (Å²) in [6.07, 6.45) is 0. The fraction of sp³-hybridized carbons (Fsp3) is 0.909. The molecule has 0 N–H and O–H groups in total. The number of rotatable bonds is 4. The third-order valence-corrected chi connectivity index (χ3v) is 2.89. The Balaban J connectivity index is 4.23. The minimum atomic E-state index is -0.333. The Kier molecular flexibility index (Phi) is 5.07. The zero-order valence-corrected chi connectivity index (χ0v) is 11.3. The second-order valence-corrected chi connectivity index (χ2v) is 5.57. The van der Waals surface area contributed by atoms with Crippen LogP contribution in [0.4, 0.5) is 0 Å². The molecule has 0 aliphatic carbocycles. The van der Waals surface area contributed by atoms with Crippen molar-refractivity contribution in [1.29, 1.82) is 0 Å². The van der Waals surface area contributed by atoms with E-state index < -0.39 is 0 Å². The Morgan fingerprint density at radius 1 is 1.27 bits per heavy atom. The second-order valence-electron chi connectivity index (χ2n) is 5.30. The Labute approximate surface area is 97.7 Å². The Hall–Kier alpha value is -0.280. The number of carbonyl (C=O) groups is 1. The molecule has 4 heteroatoms. The van der Waals surface area contributed by atoms with Crippen molar-refractivity contribution in [1.82, 2.24) is 4.90 Å². The molecule has 15 heavy (non-hydrogen) atoms. The first-order valence-electron chi connectivity index (χ1n) is 5.07. The highest BCUT2D eigenvalue weighted by Gasteiger charge is 2.27. The molecule has 0 atom stereocenters. The summed E-state index contributed by atoms with van der Waals surface area (Å²) < 4.78 is 5.42. The number of ether oxygens (including phenoxy) is 1. The zero-order chi connectivity index (χ0) is 12.3. The van der Waals surface area contributed by atoms with Gasteiger partial charge in [-0.25, -0.2) is 0 Å². The minimum Gasteiger partial charge on any atom is -0.366 e. The van der Waals surface area contributed by atoms with Crippen molar-refractivity contribution in [2.24, 2.45) is 0 Å². The van der Waals surface area contributed by atoms with Crippen molar-refractivity contribution < 1.29 is 9.53 Å². The molecule has 0 spiro atoms. The molecule has 0 aromatic rings. The monoisotopic (exact) mass is 235 g/mol. The lowest BCUT2D eigenvalue weighted by molar-refractivity contribution is -0.143. The Bertz CT molecular complexity index is 221. The molecule has 90 valence electrons. The summed E-state index contributed by atoms with van der Waals surface area (Å²) in [5.74, 6) is 0.362. The molecule has 0 unspecified atom stereocenters. The van der Waals surface area contributed by atoms with Crippen LogP contribution < -0.4 is 0 Å². The number of likely N-dealkylation sites (N-methyl/N-ethyl adjacent to an activating group) is 1. The lowest BCUT2D eigenvalue weighted by atomic mass is 10.1. The second kappa shape index (κ2) is 5.17. The summed E-state index contributed by atoms with van der Waals surface area (Å²) in [6, 6.07) is 0. The molecule has 0 saturated carbocycles. The fourth-order valence-electron chi connectivity index (χ4n) is 0.802. The summed E-state index contributed by atoms with van der Waals surface area (Å²) in [4.78, 5) is 13.4. The van der Waals surface area contributed by atoms with Crippen LogP contribution in [0.5, 0.6) is 0 Å². The van der Waals surface area contributed by atoms with Crippen molar-refractivity contribution >= 4 is 17.5 Å². The van der Waals surface area contributed by atoms with Crippen LogP contribution in [0.25, 0.3) is 0 Å². The standard InChI is InChI=1S/C11H22ClNO2/c1-10(2,3)15-7-9(14)13(6)11(4,5)8-12/h7-8H2,1-6H3. The Morgan fingerprint density at radius 3 is 2.07 bits per heavy atom. The number of hydrogen-bond donors (Lipinski definition) is 0. The van der Waals surface area contributed by atoms with E-state index in [-0.39, 0.29) is 23.7 Å². The fourth-order valence-corrected chi connectivity index (χ4v) is 0.982. The highest BCUT2D eigenvalue weighted by molar-refractivity contribution is 6.18. The van der Waals surface area contributed by atoms with Gasteiger partial charge in [0.25, 0.3) is 0 Å². The lowest BCUT2D eigenvalue weighted by Gasteiger charge is -2.34. The van der Waals surface area contributed by atoms with Crippen LogP contribution in [0.2, 0.25) is 0 Å². The summed E-state index contributed by atoms with van der Waals surface area (Å²) in [5.41, 5.74) is -0.624. The SMILES string of the molecule is CN(C(=O)COC(C)(C)C)C(C)(C)CCl. The molecular formula is C11H22ClNO2. The van der Waals surface area contributed by atoms with Gasteiger partial charge in [0, 0.05) is 12.9 Å². The predicted molar refractivity (Wildman–Crippen MR) is 63.3 cm³/mol. The predicted octanol–water partition coefficient (Wildman–Crippen LogP) is 2.28. The van der Waals surface area contributed by atoms with Crippen molar-refractivity contribution in [3.05, 3.63) is 0 Å². The molecule has 0 radical (unpaired) electrons. The van der Waals surface area contributed by atoms with Gasteiger partial charge in [0.05, 0.1) is 11.1 Å². The number of alkyl halides is 1. The molecule has 0 fully saturated rings. The highest BCUT2D eigenvalue weighted by atomic mass is 35.5. The van der Waals surface area contributed by atoms with E-state index in [1.165, 1.54) is 0 Å². The molecule has 0 rings (SSSR count). The van der Waals surface area contributed by atoms with Crippen molar-refractivity contribution in [2.45, 2.75) is 45.8 Å². The average Bonchev–Trinajstić information content (AvgIpc) is 2.11. The van der Waals surface area contributed by atoms with E-state index in [9.17, 15) is 4.79 Å². The smallest absolute Gasteiger partial charge is 0.248 e. The van der Waals surface area contributed by atoms with Gasteiger partial charge in [-0.15, -0.1) is 11.6 Å². The number of nitrogens with zero attached hydrogens (tertiary/aromatic N) is 1.